The molecule has 0 radical (unpaired) electrons. The summed E-state index contributed by atoms with van der Waals surface area (Å²) in [6.07, 6.45) is 1.86. The molecule has 27 heavy (non-hydrogen) atoms. The average molecular weight is 408 g/mol. The first-order valence-corrected chi connectivity index (χ1v) is 9.02. The summed E-state index contributed by atoms with van der Waals surface area (Å²) in [7, 11) is 0. The van der Waals surface area contributed by atoms with Crippen molar-refractivity contribution in [3.63, 3.8) is 0 Å². The zero-order valence-corrected chi connectivity index (χ0v) is 16.4. The molecule has 5 nitrogen and oxygen atoms in total. The summed E-state index contributed by atoms with van der Waals surface area (Å²) in [5.41, 5.74) is 1.19. The van der Waals surface area contributed by atoms with Crippen LogP contribution in [0.25, 0.3) is 6.08 Å². The highest BCUT2D eigenvalue weighted by Crippen LogP contribution is 2.25. The van der Waals surface area contributed by atoms with Crippen LogP contribution in [0.1, 0.15) is 19.4 Å². The van der Waals surface area contributed by atoms with Crippen molar-refractivity contribution in [3.8, 4) is 5.75 Å². The number of hydrogen-bond donors (Lipinski definition) is 1. The highest BCUT2D eigenvalue weighted by Gasteiger charge is 2.17. The summed E-state index contributed by atoms with van der Waals surface area (Å²) in [6.45, 7) is 3.96. The number of rotatable bonds is 7. The van der Waals surface area contributed by atoms with E-state index in [9.17, 15) is 9.59 Å². The molecule has 1 amide bonds. The monoisotopic (exact) mass is 407 g/mol. The van der Waals surface area contributed by atoms with E-state index in [1.165, 1.54) is 19.1 Å². The van der Waals surface area contributed by atoms with Crippen LogP contribution in [0.5, 0.6) is 5.75 Å². The van der Waals surface area contributed by atoms with Crippen molar-refractivity contribution in [2.24, 2.45) is 0 Å². The molecule has 0 saturated heterocycles. The molecule has 2 rings (SSSR count). The van der Waals surface area contributed by atoms with Gasteiger partial charge in [-0.25, -0.2) is 4.79 Å². The molecule has 7 heteroatoms. The van der Waals surface area contributed by atoms with Crippen molar-refractivity contribution in [2.75, 3.05) is 11.9 Å². The Hall–Kier alpha value is -2.50. The number of benzene rings is 2. The zero-order valence-electron chi connectivity index (χ0n) is 14.9. The summed E-state index contributed by atoms with van der Waals surface area (Å²) >= 11 is 11.8. The van der Waals surface area contributed by atoms with E-state index >= 15 is 0 Å². The molecule has 0 bridgehead atoms. The Balaban J connectivity index is 1.89. The van der Waals surface area contributed by atoms with Gasteiger partial charge in [0.2, 0.25) is 0 Å². The number of carbonyl (C=O) groups is 2. The quantitative estimate of drug-likeness (QED) is 0.519. The van der Waals surface area contributed by atoms with Gasteiger partial charge in [-0.3, -0.25) is 4.79 Å². The van der Waals surface area contributed by atoms with Gasteiger partial charge in [0.15, 0.2) is 6.10 Å². The molecule has 0 aromatic heterocycles. The average Bonchev–Trinajstić information content (AvgIpc) is 2.63. The van der Waals surface area contributed by atoms with E-state index in [-0.39, 0.29) is 0 Å². The summed E-state index contributed by atoms with van der Waals surface area (Å²) in [4.78, 5) is 24.0. The van der Waals surface area contributed by atoms with Crippen LogP contribution in [0.4, 0.5) is 5.69 Å². The molecular weight excluding hydrogens is 389 g/mol. The minimum absolute atomic E-state index is 0.296. The molecule has 0 aliphatic heterocycles. The molecule has 0 unspecified atom stereocenters. The normalized spacial score (nSPS) is 11.9. The number of carbonyl (C=O) groups excluding carboxylic acids is 2. The van der Waals surface area contributed by atoms with Crippen LogP contribution >= 0.6 is 23.2 Å². The van der Waals surface area contributed by atoms with Crippen LogP contribution in [-0.2, 0) is 14.3 Å². The second-order valence-electron chi connectivity index (χ2n) is 5.53. The SMILES string of the molecule is CCOc1ccc(/C=C/C(=O)O[C@@H](C)C(=O)Nc2ccc(Cl)cc2Cl)cc1. The lowest BCUT2D eigenvalue weighted by Gasteiger charge is -2.13. The predicted molar refractivity (Wildman–Crippen MR) is 107 cm³/mol. The standard InChI is InChI=1S/C20H19Cl2NO4/c1-3-26-16-8-4-14(5-9-16)6-11-19(24)27-13(2)20(25)23-18-10-7-15(21)12-17(18)22/h4-13H,3H2,1-2H3,(H,23,25)/b11-6+/t13-/m0/s1. The molecule has 0 heterocycles. The Morgan fingerprint density at radius 3 is 2.48 bits per heavy atom. The number of nitrogens with one attached hydrogen (secondary N) is 1. The lowest BCUT2D eigenvalue weighted by atomic mass is 10.2. The van der Waals surface area contributed by atoms with Crippen molar-refractivity contribution in [1.29, 1.82) is 0 Å². The van der Waals surface area contributed by atoms with Gasteiger partial charge in [-0.05, 0) is 55.8 Å². The molecular formula is C20H19Cl2NO4. The molecule has 2 aromatic rings. The van der Waals surface area contributed by atoms with E-state index in [0.29, 0.717) is 22.3 Å². The van der Waals surface area contributed by atoms with Crippen LogP contribution in [0.15, 0.2) is 48.5 Å². The fraction of sp³-hybridized carbons (Fsp3) is 0.200. The Bertz CT molecular complexity index is 834. The zero-order chi connectivity index (χ0) is 19.8. The van der Waals surface area contributed by atoms with Crippen molar-refractivity contribution in [3.05, 3.63) is 64.1 Å². The topological polar surface area (TPSA) is 64.6 Å². The Morgan fingerprint density at radius 1 is 1.15 bits per heavy atom. The number of amides is 1. The highest BCUT2D eigenvalue weighted by atomic mass is 35.5. The molecule has 0 aliphatic rings. The Morgan fingerprint density at radius 2 is 1.85 bits per heavy atom. The molecule has 142 valence electrons. The first-order valence-electron chi connectivity index (χ1n) is 8.26. The highest BCUT2D eigenvalue weighted by molar-refractivity contribution is 6.36. The number of halogens is 2. The Labute approximate surface area is 167 Å². The van der Waals surface area contributed by atoms with E-state index in [1.54, 1.807) is 30.3 Å². The van der Waals surface area contributed by atoms with Gasteiger partial charge in [0.1, 0.15) is 5.75 Å². The van der Waals surface area contributed by atoms with E-state index in [2.05, 4.69) is 5.32 Å². The third kappa shape index (κ3) is 6.62. The fourth-order valence-corrected chi connectivity index (χ4v) is 2.55. The maximum Gasteiger partial charge on any atom is 0.331 e. The maximum absolute atomic E-state index is 12.1. The molecule has 1 atom stereocenters. The molecule has 1 N–H and O–H groups in total. The van der Waals surface area contributed by atoms with Crippen molar-refractivity contribution in [1.82, 2.24) is 0 Å². The van der Waals surface area contributed by atoms with Gasteiger partial charge < -0.3 is 14.8 Å². The second-order valence-corrected chi connectivity index (χ2v) is 6.37. The lowest BCUT2D eigenvalue weighted by Crippen LogP contribution is -2.29. The fourth-order valence-electron chi connectivity index (χ4n) is 2.10. The molecule has 0 aliphatic carbocycles. The lowest BCUT2D eigenvalue weighted by molar-refractivity contribution is -0.148. The van der Waals surface area contributed by atoms with Gasteiger partial charge in [-0.1, -0.05) is 35.3 Å². The van der Waals surface area contributed by atoms with Gasteiger partial charge in [0.25, 0.3) is 5.91 Å². The molecule has 0 saturated carbocycles. The summed E-state index contributed by atoms with van der Waals surface area (Å²) in [5.74, 6) is -0.376. The van der Waals surface area contributed by atoms with Crippen molar-refractivity contribution < 1.29 is 19.1 Å². The van der Waals surface area contributed by atoms with E-state index in [1.807, 2.05) is 19.1 Å². The van der Waals surface area contributed by atoms with Gasteiger partial charge in [-0.15, -0.1) is 0 Å². The first kappa shape index (κ1) is 20.8. The summed E-state index contributed by atoms with van der Waals surface area (Å²) < 4.78 is 10.5. The summed E-state index contributed by atoms with van der Waals surface area (Å²) in [5, 5.41) is 3.34. The minimum atomic E-state index is -0.991. The van der Waals surface area contributed by atoms with Crippen molar-refractivity contribution >= 4 is 46.8 Å². The number of anilines is 1. The third-order valence-corrected chi connectivity index (χ3v) is 4.00. The summed E-state index contributed by atoms with van der Waals surface area (Å²) in [6, 6.07) is 11.9. The first-order chi connectivity index (χ1) is 12.9. The molecule has 0 spiro atoms. The Kier molecular flexibility index (Phi) is 7.70. The van der Waals surface area contributed by atoms with Crippen LogP contribution in [0.2, 0.25) is 10.0 Å². The minimum Gasteiger partial charge on any atom is -0.494 e. The van der Waals surface area contributed by atoms with E-state index in [0.717, 1.165) is 11.3 Å². The van der Waals surface area contributed by atoms with Crippen LogP contribution in [0, 0.1) is 0 Å². The van der Waals surface area contributed by atoms with E-state index in [4.69, 9.17) is 32.7 Å². The molecule has 0 fully saturated rings. The van der Waals surface area contributed by atoms with Crippen LogP contribution in [-0.4, -0.2) is 24.6 Å². The number of ether oxygens (including phenoxy) is 2. The molecule has 2 aromatic carbocycles. The smallest absolute Gasteiger partial charge is 0.331 e. The van der Waals surface area contributed by atoms with Gasteiger partial charge in [0.05, 0.1) is 17.3 Å². The second kappa shape index (κ2) is 10.00. The van der Waals surface area contributed by atoms with Crippen LogP contribution in [0.3, 0.4) is 0 Å². The third-order valence-electron chi connectivity index (χ3n) is 3.45. The van der Waals surface area contributed by atoms with E-state index < -0.39 is 18.0 Å². The van der Waals surface area contributed by atoms with Crippen molar-refractivity contribution in [2.45, 2.75) is 20.0 Å². The number of hydrogen-bond acceptors (Lipinski definition) is 4. The van der Waals surface area contributed by atoms with Gasteiger partial charge in [-0.2, -0.15) is 0 Å². The van der Waals surface area contributed by atoms with Crippen LogP contribution < -0.4 is 10.1 Å². The largest absolute Gasteiger partial charge is 0.494 e. The number of esters is 1. The predicted octanol–water partition coefficient (Wildman–Crippen LogP) is 4.98. The van der Waals surface area contributed by atoms with Gasteiger partial charge >= 0.3 is 5.97 Å². The van der Waals surface area contributed by atoms with Gasteiger partial charge in [0, 0.05) is 11.1 Å². The maximum atomic E-state index is 12.1.